The predicted octanol–water partition coefficient (Wildman–Crippen LogP) is 3.22. The van der Waals surface area contributed by atoms with E-state index in [1.807, 2.05) is 60.1 Å². The molecule has 0 radical (unpaired) electrons. The van der Waals surface area contributed by atoms with Gasteiger partial charge >= 0.3 is 0 Å². The lowest BCUT2D eigenvalue weighted by atomic mass is 10.0. The minimum Gasteiger partial charge on any atom is -0.326 e. The molecule has 3 aromatic rings. The molecule has 0 aliphatic carbocycles. The number of para-hydroxylation sites is 1. The second-order valence-corrected chi connectivity index (χ2v) is 5.72. The van der Waals surface area contributed by atoms with Gasteiger partial charge in [0.25, 0.3) is 0 Å². The summed E-state index contributed by atoms with van der Waals surface area (Å²) in [5.74, 6) is 0. The van der Waals surface area contributed by atoms with Gasteiger partial charge in [-0.05, 0) is 43.2 Å². The van der Waals surface area contributed by atoms with Crippen LogP contribution in [0.1, 0.15) is 18.5 Å². The molecule has 0 aliphatic heterocycles. The summed E-state index contributed by atoms with van der Waals surface area (Å²) in [6.07, 6.45) is 0.794. The van der Waals surface area contributed by atoms with Gasteiger partial charge in [0.1, 0.15) is 5.52 Å². The van der Waals surface area contributed by atoms with Crippen molar-refractivity contribution in [3.63, 3.8) is 0 Å². The first-order valence-corrected chi connectivity index (χ1v) is 7.33. The Morgan fingerprint density at radius 3 is 2.57 bits per heavy atom. The average Bonchev–Trinajstić information content (AvgIpc) is 2.90. The van der Waals surface area contributed by atoms with Gasteiger partial charge in [0.2, 0.25) is 0 Å². The third-order valence-corrected chi connectivity index (χ3v) is 3.91. The normalized spacial score (nSPS) is 14.2. The van der Waals surface area contributed by atoms with Crippen LogP contribution in [-0.2, 0) is 6.42 Å². The van der Waals surface area contributed by atoms with E-state index in [-0.39, 0.29) is 12.1 Å². The van der Waals surface area contributed by atoms with Crippen LogP contribution in [0.15, 0.2) is 48.5 Å². The molecule has 1 aromatic heterocycles. The molecule has 0 saturated carbocycles. The van der Waals surface area contributed by atoms with Crippen LogP contribution in [0, 0.1) is 0 Å². The van der Waals surface area contributed by atoms with Crippen molar-refractivity contribution < 1.29 is 0 Å². The highest BCUT2D eigenvalue weighted by Gasteiger charge is 2.20. The fourth-order valence-corrected chi connectivity index (χ4v) is 2.62. The highest BCUT2D eigenvalue weighted by molar-refractivity contribution is 6.30. The van der Waals surface area contributed by atoms with Gasteiger partial charge in [-0.2, -0.15) is 0 Å². The van der Waals surface area contributed by atoms with Crippen molar-refractivity contribution in [2.24, 2.45) is 5.73 Å². The summed E-state index contributed by atoms with van der Waals surface area (Å²) < 4.78 is 1.93. The molecule has 2 N–H and O–H groups in total. The van der Waals surface area contributed by atoms with E-state index in [1.165, 1.54) is 5.56 Å². The maximum atomic E-state index is 6.18. The van der Waals surface area contributed by atoms with E-state index in [2.05, 4.69) is 10.3 Å². The van der Waals surface area contributed by atoms with Gasteiger partial charge in [-0.1, -0.05) is 41.1 Å². The molecule has 21 heavy (non-hydrogen) atoms. The molecule has 3 rings (SSSR count). The van der Waals surface area contributed by atoms with Gasteiger partial charge in [0.05, 0.1) is 11.6 Å². The summed E-state index contributed by atoms with van der Waals surface area (Å²) in [6, 6.07) is 15.8. The molecule has 2 aromatic carbocycles. The highest BCUT2D eigenvalue weighted by atomic mass is 35.5. The quantitative estimate of drug-likeness (QED) is 0.805. The van der Waals surface area contributed by atoms with E-state index < -0.39 is 0 Å². The maximum Gasteiger partial charge on any atom is 0.113 e. The molecular weight excluding hydrogens is 284 g/mol. The molecule has 0 bridgehead atoms. The van der Waals surface area contributed by atoms with Crippen molar-refractivity contribution >= 4 is 22.6 Å². The molecule has 0 spiro atoms. The Kier molecular flexibility index (Phi) is 3.90. The van der Waals surface area contributed by atoms with Crippen molar-refractivity contribution in [3.05, 3.63) is 59.1 Å². The standard InChI is InChI=1S/C16H17ClN4/c1-11(18)16(10-12-6-8-13(17)9-7-12)21-15-5-3-2-4-14(15)19-20-21/h2-9,11,16H,10,18H2,1H3/t11-,16-/m1/s1. The number of benzene rings is 2. The fourth-order valence-electron chi connectivity index (χ4n) is 2.49. The molecular formula is C16H17ClN4. The zero-order valence-corrected chi connectivity index (χ0v) is 12.5. The molecule has 0 unspecified atom stereocenters. The fraction of sp³-hybridized carbons (Fsp3) is 0.250. The lowest BCUT2D eigenvalue weighted by Gasteiger charge is -2.21. The van der Waals surface area contributed by atoms with Crippen LogP contribution in [-0.4, -0.2) is 21.0 Å². The number of hydrogen-bond donors (Lipinski definition) is 1. The maximum absolute atomic E-state index is 6.18. The van der Waals surface area contributed by atoms with Crippen LogP contribution in [0.3, 0.4) is 0 Å². The highest BCUT2D eigenvalue weighted by Crippen LogP contribution is 2.22. The van der Waals surface area contributed by atoms with Crippen molar-refractivity contribution in [2.45, 2.75) is 25.4 Å². The van der Waals surface area contributed by atoms with E-state index in [0.29, 0.717) is 0 Å². The molecule has 0 aliphatic rings. The van der Waals surface area contributed by atoms with Crippen LogP contribution >= 0.6 is 11.6 Å². The van der Waals surface area contributed by atoms with E-state index >= 15 is 0 Å². The first-order chi connectivity index (χ1) is 10.1. The zero-order valence-electron chi connectivity index (χ0n) is 11.8. The SMILES string of the molecule is C[C@@H](N)[C@@H](Cc1ccc(Cl)cc1)n1nnc2ccccc21. The average molecular weight is 301 g/mol. The first-order valence-electron chi connectivity index (χ1n) is 6.95. The van der Waals surface area contributed by atoms with Gasteiger partial charge in [-0.25, -0.2) is 4.68 Å². The van der Waals surface area contributed by atoms with E-state index in [9.17, 15) is 0 Å². The Bertz CT molecular complexity index is 733. The smallest absolute Gasteiger partial charge is 0.113 e. The van der Waals surface area contributed by atoms with Crippen molar-refractivity contribution in [2.75, 3.05) is 0 Å². The number of fused-ring (bicyclic) bond motifs is 1. The summed E-state index contributed by atoms with van der Waals surface area (Å²) in [4.78, 5) is 0. The summed E-state index contributed by atoms with van der Waals surface area (Å²) >= 11 is 5.94. The number of rotatable bonds is 4. The summed E-state index contributed by atoms with van der Waals surface area (Å²) in [5, 5.41) is 9.24. The van der Waals surface area contributed by atoms with Gasteiger partial charge in [0.15, 0.2) is 0 Å². The number of hydrogen-bond acceptors (Lipinski definition) is 3. The van der Waals surface area contributed by atoms with Crippen LogP contribution in [0.5, 0.6) is 0 Å². The van der Waals surface area contributed by atoms with Crippen molar-refractivity contribution in [3.8, 4) is 0 Å². The van der Waals surface area contributed by atoms with Crippen LogP contribution < -0.4 is 5.73 Å². The number of aromatic nitrogens is 3. The molecule has 5 heteroatoms. The number of halogens is 1. The lowest BCUT2D eigenvalue weighted by molar-refractivity contribution is 0.393. The van der Waals surface area contributed by atoms with Gasteiger partial charge in [-0.3, -0.25) is 0 Å². The Balaban J connectivity index is 1.96. The summed E-state index contributed by atoms with van der Waals surface area (Å²) in [6.45, 7) is 2.00. The molecule has 0 saturated heterocycles. The van der Waals surface area contributed by atoms with Crippen LogP contribution in [0.25, 0.3) is 11.0 Å². The predicted molar refractivity (Wildman–Crippen MR) is 85.4 cm³/mol. The molecule has 1 heterocycles. The minimum atomic E-state index is -0.0363. The Morgan fingerprint density at radius 1 is 1.14 bits per heavy atom. The number of nitrogens with two attached hydrogens (primary N) is 1. The van der Waals surface area contributed by atoms with Crippen LogP contribution in [0.2, 0.25) is 5.02 Å². The molecule has 108 valence electrons. The van der Waals surface area contributed by atoms with Gasteiger partial charge in [-0.15, -0.1) is 5.10 Å². The summed E-state index contributed by atoms with van der Waals surface area (Å²) in [7, 11) is 0. The van der Waals surface area contributed by atoms with E-state index in [4.69, 9.17) is 17.3 Å². The Morgan fingerprint density at radius 2 is 1.86 bits per heavy atom. The first kappa shape index (κ1) is 14.0. The van der Waals surface area contributed by atoms with Gasteiger partial charge in [0, 0.05) is 11.1 Å². The number of nitrogens with zero attached hydrogens (tertiary/aromatic N) is 3. The second-order valence-electron chi connectivity index (χ2n) is 5.28. The minimum absolute atomic E-state index is 0.0363. The van der Waals surface area contributed by atoms with Gasteiger partial charge < -0.3 is 5.73 Å². The topological polar surface area (TPSA) is 56.7 Å². The molecule has 4 nitrogen and oxygen atoms in total. The second kappa shape index (κ2) is 5.84. The van der Waals surface area contributed by atoms with Crippen molar-refractivity contribution in [1.29, 1.82) is 0 Å². The monoisotopic (exact) mass is 300 g/mol. The molecule has 0 amide bonds. The summed E-state index contributed by atoms with van der Waals surface area (Å²) in [5.41, 5.74) is 9.26. The third kappa shape index (κ3) is 2.91. The van der Waals surface area contributed by atoms with Crippen molar-refractivity contribution in [1.82, 2.24) is 15.0 Å². The Labute approximate surface area is 128 Å². The van der Waals surface area contributed by atoms with E-state index in [0.717, 1.165) is 22.5 Å². The zero-order chi connectivity index (χ0) is 14.8. The molecule has 0 fully saturated rings. The third-order valence-electron chi connectivity index (χ3n) is 3.66. The lowest BCUT2D eigenvalue weighted by Crippen LogP contribution is -2.31. The molecule has 2 atom stereocenters. The van der Waals surface area contributed by atoms with Crippen LogP contribution in [0.4, 0.5) is 0 Å². The largest absolute Gasteiger partial charge is 0.326 e. The Hall–Kier alpha value is -1.91. The van der Waals surface area contributed by atoms with E-state index in [1.54, 1.807) is 0 Å².